The van der Waals surface area contributed by atoms with E-state index < -0.39 is 6.10 Å². The standard InChI is InChI=1S/C16H22N4O4/c1-11-14(18-16(22)17-2)20(12-7-5-4-6-8-12)19-15(11)24-10-13(21)9-23-3/h4-8,13,21H,9-10H2,1-3H3,(H2,17,18,22)/t13-/m1/s1. The van der Waals surface area contributed by atoms with Crippen LogP contribution in [-0.4, -0.2) is 54.4 Å². The molecule has 3 N–H and O–H groups in total. The molecule has 0 aliphatic carbocycles. The van der Waals surface area contributed by atoms with E-state index in [2.05, 4.69) is 15.7 Å². The summed E-state index contributed by atoms with van der Waals surface area (Å²) in [5.41, 5.74) is 1.44. The maximum Gasteiger partial charge on any atom is 0.320 e. The van der Waals surface area contributed by atoms with Crippen LogP contribution in [0.2, 0.25) is 0 Å². The number of anilines is 1. The predicted octanol–water partition coefficient (Wildman–Crippen LogP) is 1.32. The van der Waals surface area contributed by atoms with Crippen LogP contribution in [0.5, 0.6) is 5.88 Å². The highest BCUT2D eigenvalue weighted by Gasteiger charge is 2.19. The van der Waals surface area contributed by atoms with Gasteiger partial charge in [0, 0.05) is 14.2 Å². The van der Waals surface area contributed by atoms with Gasteiger partial charge in [0.15, 0.2) is 0 Å². The zero-order chi connectivity index (χ0) is 17.5. The normalized spacial score (nSPS) is 11.8. The topological polar surface area (TPSA) is 97.6 Å². The minimum atomic E-state index is -0.758. The number of urea groups is 1. The second-order valence-electron chi connectivity index (χ2n) is 5.15. The van der Waals surface area contributed by atoms with Gasteiger partial charge in [0.25, 0.3) is 0 Å². The molecule has 0 saturated carbocycles. The van der Waals surface area contributed by atoms with Crippen molar-refractivity contribution in [1.29, 1.82) is 0 Å². The van der Waals surface area contributed by atoms with E-state index in [1.807, 2.05) is 30.3 Å². The minimum Gasteiger partial charge on any atom is -0.474 e. The third-order valence-corrected chi connectivity index (χ3v) is 3.31. The summed E-state index contributed by atoms with van der Waals surface area (Å²) in [4.78, 5) is 11.7. The molecule has 1 atom stereocenters. The number of nitrogens with zero attached hydrogens (tertiary/aromatic N) is 2. The Balaban J connectivity index is 2.31. The fourth-order valence-electron chi connectivity index (χ4n) is 2.10. The van der Waals surface area contributed by atoms with Crippen LogP contribution in [0.25, 0.3) is 5.69 Å². The zero-order valence-electron chi connectivity index (χ0n) is 13.9. The lowest BCUT2D eigenvalue weighted by atomic mass is 10.3. The zero-order valence-corrected chi connectivity index (χ0v) is 13.9. The molecule has 0 radical (unpaired) electrons. The van der Waals surface area contributed by atoms with Crippen LogP contribution >= 0.6 is 0 Å². The van der Waals surface area contributed by atoms with Gasteiger partial charge in [-0.3, -0.25) is 5.32 Å². The summed E-state index contributed by atoms with van der Waals surface area (Å²) in [6, 6.07) is 9.01. The Labute approximate surface area is 140 Å². The first-order chi connectivity index (χ1) is 11.6. The smallest absolute Gasteiger partial charge is 0.320 e. The average molecular weight is 334 g/mol. The predicted molar refractivity (Wildman–Crippen MR) is 89.8 cm³/mol. The highest BCUT2D eigenvalue weighted by Crippen LogP contribution is 2.28. The van der Waals surface area contributed by atoms with E-state index >= 15 is 0 Å². The van der Waals surface area contributed by atoms with Crippen LogP contribution < -0.4 is 15.4 Å². The summed E-state index contributed by atoms with van der Waals surface area (Å²) < 4.78 is 12.0. The van der Waals surface area contributed by atoms with Crippen molar-refractivity contribution in [3.05, 3.63) is 35.9 Å². The summed E-state index contributed by atoms with van der Waals surface area (Å²) in [7, 11) is 3.04. The average Bonchev–Trinajstić information content (AvgIpc) is 2.90. The van der Waals surface area contributed by atoms with Crippen LogP contribution in [0, 0.1) is 6.92 Å². The van der Waals surface area contributed by atoms with Crippen molar-refractivity contribution in [2.45, 2.75) is 13.0 Å². The number of aromatic nitrogens is 2. The van der Waals surface area contributed by atoms with Gasteiger partial charge in [-0.2, -0.15) is 0 Å². The first-order valence-electron chi connectivity index (χ1n) is 7.50. The number of benzene rings is 1. The van der Waals surface area contributed by atoms with E-state index in [-0.39, 0.29) is 19.2 Å². The van der Waals surface area contributed by atoms with Crippen molar-refractivity contribution in [1.82, 2.24) is 15.1 Å². The molecular weight excluding hydrogens is 312 g/mol. The number of methoxy groups -OCH3 is 1. The van der Waals surface area contributed by atoms with Crippen molar-refractivity contribution in [3.8, 4) is 11.6 Å². The van der Waals surface area contributed by atoms with Gasteiger partial charge >= 0.3 is 6.03 Å². The van der Waals surface area contributed by atoms with Crippen LogP contribution in [-0.2, 0) is 4.74 Å². The number of amides is 2. The fourth-order valence-corrected chi connectivity index (χ4v) is 2.10. The highest BCUT2D eigenvalue weighted by molar-refractivity contribution is 5.89. The third-order valence-electron chi connectivity index (χ3n) is 3.31. The molecule has 0 aliphatic rings. The van der Waals surface area contributed by atoms with Gasteiger partial charge in [-0.1, -0.05) is 18.2 Å². The summed E-state index contributed by atoms with van der Waals surface area (Å²) in [5, 5.41) is 19.4. The molecule has 1 heterocycles. The molecule has 1 aromatic carbocycles. The summed E-state index contributed by atoms with van der Waals surface area (Å²) >= 11 is 0. The lowest BCUT2D eigenvalue weighted by Gasteiger charge is -2.10. The molecule has 2 rings (SSSR count). The van der Waals surface area contributed by atoms with E-state index in [0.29, 0.717) is 17.3 Å². The van der Waals surface area contributed by atoms with E-state index in [9.17, 15) is 9.90 Å². The van der Waals surface area contributed by atoms with E-state index in [1.165, 1.54) is 14.2 Å². The quantitative estimate of drug-likeness (QED) is 0.709. The first-order valence-corrected chi connectivity index (χ1v) is 7.50. The Morgan fingerprint density at radius 2 is 2.04 bits per heavy atom. The summed E-state index contributed by atoms with van der Waals surface area (Å²) in [6.07, 6.45) is -0.758. The fraction of sp³-hybridized carbons (Fsp3) is 0.375. The first kappa shape index (κ1) is 17.8. The molecule has 0 spiro atoms. The molecule has 1 aromatic heterocycles. The monoisotopic (exact) mass is 334 g/mol. The van der Waals surface area contributed by atoms with Gasteiger partial charge in [-0.05, 0) is 19.1 Å². The van der Waals surface area contributed by atoms with E-state index in [4.69, 9.17) is 9.47 Å². The number of aliphatic hydroxyl groups is 1. The van der Waals surface area contributed by atoms with Gasteiger partial charge < -0.3 is 19.9 Å². The second kappa shape index (κ2) is 8.32. The van der Waals surface area contributed by atoms with Crippen LogP contribution in [0.3, 0.4) is 0 Å². The molecule has 8 nitrogen and oxygen atoms in total. The van der Waals surface area contributed by atoms with Gasteiger partial charge in [-0.15, -0.1) is 5.10 Å². The minimum absolute atomic E-state index is 0.0416. The number of hydrogen-bond acceptors (Lipinski definition) is 5. The Morgan fingerprint density at radius 3 is 2.67 bits per heavy atom. The molecule has 0 saturated heterocycles. The van der Waals surface area contributed by atoms with E-state index in [0.717, 1.165) is 5.69 Å². The molecule has 2 aromatic rings. The number of aliphatic hydroxyl groups excluding tert-OH is 1. The third kappa shape index (κ3) is 4.24. The van der Waals surface area contributed by atoms with Gasteiger partial charge in [0.1, 0.15) is 18.5 Å². The Kier molecular flexibility index (Phi) is 6.16. The van der Waals surface area contributed by atoms with Crippen LogP contribution in [0.4, 0.5) is 10.6 Å². The number of ether oxygens (including phenoxy) is 2. The van der Waals surface area contributed by atoms with Crippen molar-refractivity contribution in [3.63, 3.8) is 0 Å². The molecule has 8 heteroatoms. The van der Waals surface area contributed by atoms with E-state index in [1.54, 1.807) is 11.6 Å². The van der Waals surface area contributed by atoms with Gasteiger partial charge in [0.2, 0.25) is 5.88 Å². The number of carbonyl (C=O) groups excluding carboxylic acids is 1. The molecule has 2 amide bonds. The second-order valence-corrected chi connectivity index (χ2v) is 5.15. The van der Waals surface area contributed by atoms with Crippen molar-refractivity contribution >= 4 is 11.8 Å². The van der Waals surface area contributed by atoms with Crippen molar-refractivity contribution in [2.75, 3.05) is 32.7 Å². The van der Waals surface area contributed by atoms with Crippen molar-refractivity contribution in [2.24, 2.45) is 0 Å². The SMILES string of the molecule is CNC(=O)Nc1c(C)c(OC[C@H](O)COC)nn1-c1ccccc1. The Bertz CT molecular complexity index is 672. The summed E-state index contributed by atoms with van der Waals surface area (Å²) in [5.74, 6) is 0.831. The number of rotatable bonds is 7. The van der Waals surface area contributed by atoms with Gasteiger partial charge in [-0.25, -0.2) is 9.48 Å². The Hall–Kier alpha value is -2.58. The largest absolute Gasteiger partial charge is 0.474 e. The van der Waals surface area contributed by atoms with Crippen LogP contribution in [0.1, 0.15) is 5.56 Å². The maximum atomic E-state index is 11.7. The van der Waals surface area contributed by atoms with Gasteiger partial charge in [0.05, 0.1) is 17.9 Å². The maximum absolute atomic E-state index is 11.7. The number of para-hydroxylation sites is 1. The van der Waals surface area contributed by atoms with Crippen LogP contribution in [0.15, 0.2) is 30.3 Å². The number of nitrogens with one attached hydrogen (secondary N) is 2. The Morgan fingerprint density at radius 1 is 1.33 bits per heavy atom. The summed E-state index contributed by atoms with van der Waals surface area (Å²) in [6.45, 7) is 2.00. The molecule has 0 aliphatic heterocycles. The molecule has 130 valence electrons. The molecule has 0 unspecified atom stereocenters. The molecule has 0 fully saturated rings. The number of carbonyl (C=O) groups is 1. The number of hydrogen-bond donors (Lipinski definition) is 3. The lowest BCUT2D eigenvalue weighted by molar-refractivity contribution is 0.0311. The molecule has 0 bridgehead atoms. The van der Waals surface area contributed by atoms with Crippen molar-refractivity contribution < 1.29 is 19.4 Å². The molecule has 24 heavy (non-hydrogen) atoms. The molecular formula is C16H22N4O4. The highest BCUT2D eigenvalue weighted by atomic mass is 16.5. The lowest BCUT2D eigenvalue weighted by Crippen LogP contribution is -2.26.